The molecule has 4 rings (SSSR count). The molecule has 0 radical (unpaired) electrons. The van der Waals surface area contributed by atoms with E-state index in [1.54, 1.807) is 28.7 Å². The number of aromatic nitrogens is 2. The fourth-order valence-electron chi connectivity index (χ4n) is 4.37. The fourth-order valence-corrected chi connectivity index (χ4v) is 4.37. The largest absolute Gasteiger partial charge is 0.497 e. The highest BCUT2D eigenvalue weighted by Gasteiger charge is 2.27. The molecule has 1 N–H and O–H groups in total. The van der Waals surface area contributed by atoms with Crippen LogP contribution in [-0.2, 0) is 6.42 Å². The van der Waals surface area contributed by atoms with Crippen molar-refractivity contribution in [2.75, 3.05) is 39.6 Å². The molecular formula is C30H35N5O3. The van der Waals surface area contributed by atoms with Crippen LogP contribution in [0.15, 0.2) is 77.6 Å². The van der Waals surface area contributed by atoms with Gasteiger partial charge in [0.2, 0.25) is 0 Å². The highest BCUT2D eigenvalue weighted by atomic mass is 16.5. The second-order valence-corrected chi connectivity index (χ2v) is 9.48. The number of urea groups is 1. The van der Waals surface area contributed by atoms with Crippen molar-refractivity contribution in [1.29, 1.82) is 0 Å². The summed E-state index contributed by atoms with van der Waals surface area (Å²) in [6.45, 7) is 5.07. The molecule has 198 valence electrons. The lowest BCUT2D eigenvalue weighted by atomic mass is 10.1. The number of rotatable bonds is 9. The Morgan fingerprint density at radius 1 is 1.03 bits per heavy atom. The monoisotopic (exact) mass is 513 g/mol. The molecule has 8 heteroatoms. The molecule has 0 spiro atoms. The Balaban J connectivity index is 1.81. The van der Waals surface area contributed by atoms with Crippen molar-refractivity contribution < 1.29 is 9.53 Å². The van der Waals surface area contributed by atoms with E-state index in [1.807, 2.05) is 86.6 Å². The van der Waals surface area contributed by atoms with Gasteiger partial charge in [0, 0.05) is 24.8 Å². The molecule has 0 bridgehead atoms. The first-order chi connectivity index (χ1) is 18.3. The third kappa shape index (κ3) is 5.86. The quantitative estimate of drug-likeness (QED) is 0.336. The van der Waals surface area contributed by atoms with Crippen LogP contribution in [0, 0.1) is 0 Å². The highest BCUT2D eigenvalue weighted by Crippen LogP contribution is 2.25. The molecular weight excluding hydrogens is 478 g/mol. The number of nitrogens with zero attached hydrogens (tertiary/aromatic N) is 4. The number of nitrogens with one attached hydrogen (secondary N) is 1. The molecule has 1 unspecified atom stereocenters. The molecule has 8 nitrogen and oxygen atoms in total. The van der Waals surface area contributed by atoms with Crippen molar-refractivity contribution in [2.45, 2.75) is 26.3 Å². The number of amides is 2. The highest BCUT2D eigenvalue weighted by molar-refractivity contribution is 5.90. The van der Waals surface area contributed by atoms with E-state index >= 15 is 0 Å². The molecule has 38 heavy (non-hydrogen) atoms. The van der Waals surface area contributed by atoms with Crippen LogP contribution in [0.2, 0.25) is 0 Å². The first-order valence-corrected chi connectivity index (χ1v) is 12.8. The first kappa shape index (κ1) is 26.9. The molecule has 2 amide bonds. The average Bonchev–Trinajstić information content (AvgIpc) is 2.93. The molecule has 1 heterocycles. The number of para-hydroxylation sites is 1. The van der Waals surface area contributed by atoms with Gasteiger partial charge in [0.05, 0.1) is 29.7 Å². The molecule has 4 aromatic rings. The zero-order valence-corrected chi connectivity index (χ0v) is 22.6. The van der Waals surface area contributed by atoms with Gasteiger partial charge in [0.15, 0.2) is 0 Å². The summed E-state index contributed by atoms with van der Waals surface area (Å²) in [4.78, 5) is 36.1. The third-order valence-electron chi connectivity index (χ3n) is 6.62. The lowest BCUT2D eigenvalue weighted by Gasteiger charge is -2.31. The van der Waals surface area contributed by atoms with Crippen LogP contribution in [0.25, 0.3) is 16.6 Å². The number of methoxy groups -OCH3 is 1. The maximum absolute atomic E-state index is 13.8. The minimum atomic E-state index is -0.510. The van der Waals surface area contributed by atoms with Crippen molar-refractivity contribution in [3.8, 4) is 11.4 Å². The summed E-state index contributed by atoms with van der Waals surface area (Å²) in [5.41, 5.74) is 2.95. The summed E-state index contributed by atoms with van der Waals surface area (Å²) in [6, 6.07) is 21.7. The van der Waals surface area contributed by atoms with Crippen molar-refractivity contribution in [2.24, 2.45) is 0 Å². The summed E-state index contributed by atoms with van der Waals surface area (Å²) in [6.07, 6.45) is 0.900. The van der Waals surface area contributed by atoms with E-state index in [2.05, 4.69) is 12.2 Å². The normalized spacial score (nSPS) is 11.9. The number of ether oxygens (including phenoxy) is 1. The molecule has 1 aromatic heterocycles. The molecule has 3 aromatic carbocycles. The van der Waals surface area contributed by atoms with E-state index in [-0.39, 0.29) is 11.6 Å². The predicted octanol–water partition coefficient (Wildman–Crippen LogP) is 5.11. The number of carbonyl (C=O) groups excluding carboxylic acids is 1. The van der Waals surface area contributed by atoms with Gasteiger partial charge in [0.1, 0.15) is 11.6 Å². The van der Waals surface area contributed by atoms with Crippen molar-refractivity contribution in [1.82, 2.24) is 19.4 Å². The molecule has 0 saturated carbocycles. The topological polar surface area (TPSA) is 79.7 Å². The number of likely N-dealkylation sites (N-methyl/N-ethyl adjacent to an activating group) is 1. The maximum Gasteiger partial charge on any atom is 0.322 e. The molecule has 0 aliphatic heterocycles. The lowest BCUT2D eigenvalue weighted by molar-refractivity contribution is 0.181. The molecule has 1 atom stereocenters. The van der Waals surface area contributed by atoms with Crippen LogP contribution in [-0.4, -0.2) is 59.7 Å². The second-order valence-electron chi connectivity index (χ2n) is 9.48. The molecule has 0 aliphatic carbocycles. The van der Waals surface area contributed by atoms with E-state index in [0.717, 1.165) is 6.42 Å². The van der Waals surface area contributed by atoms with Gasteiger partial charge < -0.3 is 19.9 Å². The summed E-state index contributed by atoms with van der Waals surface area (Å²) in [5, 5.41) is 3.52. The number of fused-ring (bicyclic) bond motifs is 1. The second kappa shape index (κ2) is 11.9. The minimum Gasteiger partial charge on any atom is -0.497 e. The van der Waals surface area contributed by atoms with Crippen LogP contribution in [0.3, 0.4) is 0 Å². The Hall–Kier alpha value is -4.17. The lowest BCUT2D eigenvalue weighted by Crippen LogP contribution is -2.43. The number of carbonyl (C=O) groups is 1. The Morgan fingerprint density at radius 3 is 2.45 bits per heavy atom. The Kier molecular flexibility index (Phi) is 8.43. The van der Waals surface area contributed by atoms with Crippen molar-refractivity contribution in [3.63, 3.8) is 0 Å². The predicted molar refractivity (Wildman–Crippen MR) is 152 cm³/mol. The summed E-state index contributed by atoms with van der Waals surface area (Å²) in [7, 11) is 5.51. The van der Waals surface area contributed by atoms with Crippen molar-refractivity contribution >= 4 is 22.6 Å². The number of benzene rings is 3. The van der Waals surface area contributed by atoms with Crippen LogP contribution >= 0.6 is 0 Å². The Bertz CT molecular complexity index is 1460. The van der Waals surface area contributed by atoms with Crippen molar-refractivity contribution in [3.05, 3.63) is 94.5 Å². The average molecular weight is 514 g/mol. The van der Waals surface area contributed by atoms with Crippen LogP contribution < -0.4 is 15.6 Å². The first-order valence-electron chi connectivity index (χ1n) is 12.8. The van der Waals surface area contributed by atoms with Crippen LogP contribution in [0.5, 0.6) is 5.75 Å². The van der Waals surface area contributed by atoms with E-state index in [4.69, 9.17) is 9.72 Å². The third-order valence-corrected chi connectivity index (χ3v) is 6.62. The van der Waals surface area contributed by atoms with Gasteiger partial charge in [-0.25, -0.2) is 9.78 Å². The molecule has 0 saturated heterocycles. The van der Waals surface area contributed by atoms with Gasteiger partial charge in [0.25, 0.3) is 5.56 Å². The van der Waals surface area contributed by atoms with Crippen LogP contribution in [0.4, 0.5) is 10.5 Å². The van der Waals surface area contributed by atoms with Gasteiger partial charge >= 0.3 is 6.03 Å². The fraction of sp³-hybridized carbons (Fsp3) is 0.300. The zero-order valence-electron chi connectivity index (χ0n) is 22.6. The Morgan fingerprint density at radius 2 is 1.76 bits per heavy atom. The standard InChI is InChI=1S/C30H35N5O3/c1-6-22-14-16-24(17-15-22)35-28(32-27-13-8-7-12-26(27)29(35)36)21(2)34(19-18-33(3)4)30(37)31-23-10-9-11-25(20-23)38-5/h7-17,20-21H,6,18-19H2,1-5H3,(H,31,37). The Labute approximate surface area is 223 Å². The number of aryl methyl sites for hydroxylation is 1. The number of hydrogen-bond acceptors (Lipinski definition) is 5. The van der Waals surface area contributed by atoms with Crippen LogP contribution in [0.1, 0.15) is 31.3 Å². The summed E-state index contributed by atoms with van der Waals surface area (Å²) >= 11 is 0. The van der Waals surface area contributed by atoms with Gasteiger partial charge in [-0.05, 0) is 69.4 Å². The van der Waals surface area contributed by atoms with Gasteiger partial charge in [-0.2, -0.15) is 0 Å². The zero-order chi connectivity index (χ0) is 27.2. The summed E-state index contributed by atoms with van der Waals surface area (Å²) < 4.78 is 6.94. The van der Waals surface area contributed by atoms with Gasteiger partial charge in [-0.15, -0.1) is 0 Å². The minimum absolute atomic E-state index is 0.164. The van der Waals surface area contributed by atoms with Gasteiger partial charge in [-0.1, -0.05) is 37.3 Å². The number of hydrogen-bond donors (Lipinski definition) is 1. The number of anilines is 1. The van der Waals surface area contributed by atoms with E-state index in [1.165, 1.54) is 5.56 Å². The molecule has 0 fully saturated rings. The smallest absolute Gasteiger partial charge is 0.322 e. The maximum atomic E-state index is 13.8. The SMILES string of the molecule is CCc1ccc(-n2c(C(C)N(CCN(C)C)C(=O)Nc3cccc(OC)c3)nc3ccccc3c2=O)cc1. The molecule has 0 aliphatic rings. The van der Waals surface area contributed by atoms with E-state index in [0.29, 0.717) is 46.9 Å². The summed E-state index contributed by atoms with van der Waals surface area (Å²) in [5.74, 6) is 1.15. The van der Waals surface area contributed by atoms with E-state index < -0.39 is 6.04 Å². The van der Waals surface area contributed by atoms with E-state index in [9.17, 15) is 9.59 Å². The van der Waals surface area contributed by atoms with Gasteiger partial charge in [-0.3, -0.25) is 9.36 Å².